The van der Waals surface area contributed by atoms with Crippen molar-refractivity contribution in [2.75, 3.05) is 0 Å². The maximum Gasteiger partial charge on any atom is 0.312 e. The summed E-state index contributed by atoms with van der Waals surface area (Å²) in [6.07, 6.45) is 4.76. The van der Waals surface area contributed by atoms with E-state index < -0.39 is 11.0 Å². The molecular weight excluding hydrogens is 416 g/mol. The van der Waals surface area contributed by atoms with Crippen LogP contribution in [-0.4, -0.2) is 5.97 Å². The summed E-state index contributed by atoms with van der Waals surface area (Å²) in [4.78, 5) is 12.5. The van der Waals surface area contributed by atoms with Crippen LogP contribution >= 0.6 is 0 Å². The van der Waals surface area contributed by atoms with Crippen molar-refractivity contribution in [1.29, 1.82) is 0 Å². The molecule has 0 heterocycles. The van der Waals surface area contributed by atoms with Crippen LogP contribution in [0.4, 0.5) is 0 Å². The molecule has 0 saturated carbocycles. The molecule has 3 aromatic carbocycles. The van der Waals surface area contributed by atoms with Crippen LogP contribution in [0.5, 0.6) is 0 Å². The lowest BCUT2D eigenvalue weighted by atomic mass is 9.77. The molecule has 34 heavy (non-hydrogen) atoms. The fraction of sp³-hybridized carbons (Fsp3) is 0.469. The smallest absolute Gasteiger partial charge is 0.312 e. The Balaban J connectivity index is 0.000000170. The van der Waals surface area contributed by atoms with Crippen molar-refractivity contribution in [3.8, 4) is 0 Å². The van der Waals surface area contributed by atoms with Crippen LogP contribution in [0.3, 0.4) is 0 Å². The third-order valence-corrected chi connectivity index (χ3v) is 8.53. The van der Waals surface area contributed by atoms with Crippen molar-refractivity contribution in [1.82, 2.24) is 0 Å². The zero-order valence-electron chi connectivity index (χ0n) is 21.8. The Labute approximate surface area is 205 Å². The van der Waals surface area contributed by atoms with Crippen molar-refractivity contribution in [2.24, 2.45) is 5.41 Å². The molecule has 3 atom stereocenters. The summed E-state index contributed by atoms with van der Waals surface area (Å²) >= 11 is 0. The number of carbonyl (C=O) groups is 1. The fourth-order valence-electron chi connectivity index (χ4n) is 5.58. The van der Waals surface area contributed by atoms with Gasteiger partial charge in [0.2, 0.25) is 0 Å². The first-order chi connectivity index (χ1) is 16.2. The molecule has 2 aliphatic carbocycles. The molecule has 180 valence electrons. The third kappa shape index (κ3) is 4.28. The summed E-state index contributed by atoms with van der Waals surface area (Å²) in [5.74, 6) is 1.28. The predicted molar refractivity (Wildman–Crippen MR) is 142 cm³/mol. The monoisotopic (exact) mass is 456 g/mol. The summed E-state index contributed by atoms with van der Waals surface area (Å²) in [7, 11) is 0. The molecule has 0 bridgehead atoms. The van der Waals surface area contributed by atoms with E-state index in [1.54, 1.807) is 0 Å². The molecule has 2 aliphatic rings. The van der Waals surface area contributed by atoms with E-state index in [9.17, 15) is 4.79 Å². The molecule has 0 spiro atoms. The highest BCUT2D eigenvalue weighted by molar-refractivity contribution is 5.92. The number of esters is 1. The average molecular weight is 457 g/mol. The van der Waals surface area contributed by atoms with Gasteiger partial charge in [0.1, 0.15) is 5.60 Å². The van der Waals surface area contributed by atoms with Gasteiger partial charge in [-0.15, -0.1) is 0 Å². The van der Waals surface area contributed by atoms with E-state index >= 15 is 0 Å². The number of hydrogen-bond acceptors (Lipinski definition) is 2. The minimum Gasteiger partial charge on any atom is -0.454 e. The molecule has 0 radical (unpaired) electrons. The van der Waals surface area contributed by atoms with E-state index in [2.05, 4.69) is 75.4 Å². The lowest BCUT2D eigenvalue weighted by Crippen LogP contribution is -2.39. The summed E-state index contributed by atoms with van der Waals surface area (Å²) in [6, 6.07) is 21.8. The topological polar surface area (TPSA) is 26.3 Å². The van der Waals surface area contributed by atoms with Gasteiger partial charge in [0.25, 0.3) is 0 Å². The normalized spacial score (nSPS) is 23.1. The van der Waals surface area contributed by atoms with Gasteiger partial charge in [0, 0.05) is 0 Å². The fourth-order valence-corrected chi connectivity index (χ4v) is 5.58. The second kappa shape index (κ2) is 9.56. The molecule has 0 fully saturated rings. The maximum atomic E-state index is 12.5. The molecule has 0 amide bonds. The Morgan fingerprint density at radius 1 is 0.941 bits per heavy atom. The van der Waals surface area contributed by atoms with E-state index in [0.29, 0.717) is 11.8 Å². The number of rotatable bonds is 4. The zero-order chi connectivity index (χ0) is 24.5. The van der Waals surface area contributed by atoms with E-state index in [1.807, 2.05) is 26.8 Å². The molecular formula is C32H40O2. The van der Waals surface area contributed by atoms with Gasteiger partial charge >= 0.3 is 5.97 Å². The van der Waals surface area contributed by atoms with Gasteiger partial charge in [0.15, 0.2) is 0 Å². The largest absolute Gasteiger partial charge is 0.454 e. The number of ether oxygens (including phenoxy) is 1. The molecule has 5 rings (SSSR count). The van der Waals surface area contributed by atoms with Gasteiger partial charge < -0.3 is 4.74 Å². The average Bonchev–Trinajstić information content (AvgIpc) is 3.11. The summed E-state index contributed by atoms with van der Waals surface area (Å²) in [5.41, 5.74) is 4.79. The highest BCUT2D eigenvalue weighted by Gasteiger charge is 2.41. The Morgan fingerprint density at radius 2 is 1.56 bits per heavy atom. The number of carbonyl (C=O) groups excluding carboxylic acids is 1. The second-order valence-electron chi connectivity index (χ2n) is 10.9. The van der Waals surface area contributed by atoms with Crippen LogP contribution in [-0.2, 0) is 21.6 Å². The lowest BCUT2D eigenvalue weighted by Gasteiger charge is -2.40. The van der Waals surface area contributed by atoms with Crippen molar-refractivity contribution in [3.63, 3.8) is 0 Å². The predicted octanol–water partition coefficient (Wildman–Crippen LogP) is 8.67. The summed E-state index contributed by atoms with van der Waals surface area (Å²) in [6.45, 7) is 12.8. The second-order valence-corrected chi connectivity index (χ2v) is 10.9. The minimum atomic E-state index is -0.418. The third-order valence-electron chi connectivity index (χ3n) is 8.53. The van der Waals surface area contributed by atoms with Crippen LogP contribution in [0.2, 0.25) is 0 Å². The van der Waals surface area contributed by atoms with Gasteiger partial charge in [-0.25, -0.2) is 0 Å². The Bertz CT molecular complexity index is 1130. The SMILES string of the molecule is CC1c2cccc3cccc(c23)C1C.CCC(C)(C)C(=O)OC1(CC)CCCc2ccccc21. The highest BCUT2D eigenvalue weighted by atomic mass is 16.6. The molecule has 0 aromatic heterocycles. The van der Waals surface area contributed by atoms with Crippen LogP contribution in [0, 0.1) is 5.41 Å². The van der Waals surface area contributed by atoms with E-state index in [0.717, 1.165) is 32.1 Å². The zero-order valence-corrected chi connectivity index (χ0v) is 21.8. The van der Waals surface area contributed by atoms with E-state index in [4.69, 9.17) is 4.74 Å². The lowest BCUT2D eigenvalue weighted by molar-refractivity contribution is -0.174. The van der Waals surface area contributed by atoms with Crippen molar-refractivity contribution < 1.29 is 9.53 Å². The molecule has 2 heteroatoms. The van der Waals surface area contributed by atoms with Crippen molar-refractivity contribution in [2.45, 2.75) is 91.1 Å². The van der Waals surface area contributed by atoms with Gasteiger partial charge in [0.05, 0.1) is 5.41 Å². The van der Waals surface area contributed by atoms with Crippen molar-refractivity contribution in [3.05, 3.63) is 82.9 Å². The summed E-state index contributed by atoms with van der Waals surface area (Å²) in [5, 5.41) is 2.91. The standard InChI is InChI=1S/C18H26O2.C14H14/c1-5-17(3,4)16(19)20-18(6-2)13-9-11-14-10-7-8-12-15(14)18;1-9-10(2)13-8-4-6-11-5-3-7-12(9)14(11)13/h7-8,10,12H,5-6,9,11,13H2,1-4H3;3-10H,1-2H3. The molecule has 3 unspecified atom stereocenters. The Kier molecular flexibility index (Phi) is 6.90. The van der Waals surface area contributed by atoms with Gasteiger partial charge in [-0.1, -0.05) is 88.4 Å². The molecule has 0 saturated heterocycles. The van der Waals surface area contributed by atoms with Crippen LogP contribution in [0.1, 0.15) is 101 Å². The highest BCUT2D eigenvalue weighted by Crippen LogP contribution is 2.46. The Morgan fingerprint density at radius 3 is 2.15 bits per heavy atom. The van der Waals surface area contributed by atoms with E-state index in [1.165, 1.54) is 33.0 Å². The van der Waals surface area contributed by atoms with Gasteiger partial charge in [-0.2, -0.15) is 0 Å². The first kappa shape index (κ1) is 24.5. The number of benzene rings is 3. The van der Waals surface area contributed by atoms with Crippen LogP contribution in [0.15, 0.2) is 60.7 Å². The number of hydrogen-bond donors (Lipinski definition) is 0. The minimum absolute atomic E-state index is 0.0708. The molecule has 0 N–H and O–H groups in total. The van der Waals surface area contributed by atoms with Crippen LogP contribution < -0.4 is 0 Å². The molecule has 2 nitrogen and oxygen atoms in total. The Hall–Kier alpha value is -2.61. The summed E-state index contributed by atoms with van der Waals surface area (Å²) < 4.78 is 6.07. The quantitative estimate of drug-likeness (QED) is 0.367. The van der Waals surface area contributed by atoms with Crippen molar-refractivity contribution >= 4 is 16.7 Å². The first-order valence-electron chi connectivity index (χ1n) is 13.1. The van der Waals surface area contributed by atoms with Gasteiger partial charge in [-0.3, -0.25) is 4.79 Å². The molecule has 0 aliphatic heterocycles. The van der Waals surface area contributed by atoms with Crippen LogP contribution in [0.25, 0.3) is 10.8 Å². The number of aryl methyl sites for hydroxylation is 1. The van der Waals surface area contributed by atoms with E-state index in [-0.39, 0.29) is 5.97 Å². The van der Waals surface area contributed by atoms with Gasteiger partial charge in [-0.05, 0) is 90.8 Å². The maximum absolute atomic E-state index is 12.5. The number of fused-ring (bicyclic) bond motifs is 1. The first-order valence-corrected chi connectivity index (χ1v) is 13.1. The molecule has 3 aromatic rings.